The van der Waals surface area contributed by atoms with Crippen LogP contribution in [0, 0.1) is 17.8 Å². The summed E-state index contributed by atoms with van der Waals surface area (Å²) in [4.78, 5) is 13.8. The number of tetrazole rings is 1. The van der Waals surface area contributed by atoms with Crippen molar-refractivity contribution in [3.05, 3.63) is 18.2 Å². The van der Waals surface area contributed by atoms with Gasteiger partial charge in [0.15, 0.2) is 11.5 Å². The molecule has 0 saturated heterocycles. The highest BCUT2D eigenvalue weighted by Crippen LogP contribution is 2.49. The summed E-state index contributed by atoms with van der Waals surface area (Å²) in [6, 6.07) is 5.60. The summed E-state index contributed by atoms with van der Waals surface area (Å²) in [5.74, 6) is 3.84. The number of nitrogens with zero attached hydrogens (tertiary/aromatic N) is 4. The third-order valence-electron chi connectivity index (χ3n) is 6.20. The van der Waals surface area contributed by atoms with Gasteiger partial charge >= 0.3 is 0 Å². The van der Waals surface area contributed by atoms with Gasteiger partial charge in [-0.25, -0.2) is 0 Å². The molecule has 4 atom stereocenters. The zero-order valence-corrected chi connectivity index (χ0v) is 16.6. The van der Waals surface area contributed by atoms with Gasteiger partial charge in [-0.1, -0.05) is 6.42 Å². The van der Waals surface area contributed by atoms with E-state index in [9.17, 15) is 4.79 Å². The molecule has 2 fully saturated rings. The number of benzene rings is 1. The number of nitrogens with one attached hydrogen (secondary N) is 1. The van der Waals surface area contributed by atoms with Crippen LogP contribution in [0.4, 0.5) is 0 Å². The van der Waals surface area contributed by atoms with E-state index in [2.05, 4.69) is 27.7 Å². The first-order chi connectivity index (χ1) is 13.6. The Kier molecular flexibility index (Phi) is 5.19. The summed E-state index contributed by atoms with van der Waals surface area (Å²) < 4.78 is 10.6. The minimum atomic E-state index is -0.0773. The molecule has 0 radical (unpaired) electrons. The first-order valence-electron chi connectivity index (χ1n) is 9.87. The molecule has 1 heterocycles. The van der Waals surface area contributed by atoms with Gasteiger partial charge in [0.2, 0.25) is 11.7 Å². The minimum absolute atomic E-state index is 0.0610. The smallest absolute Gasteiger partial charge is 0.243 e. The van der Waals surface area contributed by atoms with E-state index in [1.807, 2.05) is 6.07 Å². The summed E-state index contributed by atoms with van der Waals surface area (Å²) >= 11 is 0. The molecule has 1 N–H and O–H groups in total. The third kappa shape index (κ3) is 3.68. The Morgan fingerprint density at radius 1 is 1.25 bits per heavy atom. The van der Waals surface area contributed by atoms with Crippen LogP contribution in [-0.2, 0) is 11.3 Å². The van der Waals surface area contributed by atoms with Gasteiger partial charge in [-0.3, -0.25) is 4.79 Å². The molecule has 2 aromatic rings. The average Bonchev–Trinajstić information content (AvgIpc) is 3.44. The van der Waals surface area contributed by atoms with Gasteiger partial charge in [-0.2, -0.15) is 4.80 Å². The zero-order valence-electron chi connectivity index (χ0n) is 16.6. The van der Waals surface area contributed by atoms with E-state index in [1.54, 1.807) is 26.4 Å². The highest BCUT2D eigenvalue weighted by molar-refractivity contribution is 5.75. The molecule has 2 bridgehead atoms. The number of carbonyl (C=O) groups excluding carboxylic acids is 1. The van der Waals surface area contributed by atoms with Gasteiger partial charge < -0.3 is 14.8 Å². The summed E-state index contributed by atoms with van der Waals surface area (Å²) in [5, 5.41) is 15.5. The summed E-state index contributed by atoms with van der Waals surface area (Å²) in [6.07, 6.45) is 5.26. The van der Waals surface area contributed by atoms with Crippen molar-refractivity contribution in [1.29, 1.82) is 0 Å². The van der Waals surface area contributed by atoms with Crippen molar-refractivity contribution in [3.8, 4) is 22.9 Å². The molecule has 4 unspecified atom stereocenters. The number of aromatic nitrogens is 4. The quantitative estimate of drug-likeness (QED) is 0.786. The molecule has 2 saturated carbocycles. The fraction of sp³-hybridized carbons (Fsp3) is 0.600. The van der Waals surface area contributed by atoms with Gasteiger partial charge in [0, 0.05) is 11.6 Å². The molecule has 8 heteroatoms. The maximum atomic E-state index is 12.4. The molecule has 4 rings (SSSR count). The number of amides is 1. The highest BCUT2D eigenvalue weighted by Gasteiger charge is 2.42. The Hall–Kier alpha value is -2.64. The lowest BCUT2D eigenvalue weighted by atomic mass is 9.84. The van der Waals surface area contributed by atoms with Crippen molar-refractivity contribution in [3.63, 3.8) is 0 Å². The number of ether oxygens (including phenoxy) is 2. The van der Waals surface area contributed by atoms with Crippen molar-refractivity contribution in [2.45, 2.75) is 45.2 Å². The maximum absolute atomic E-state index is 12.4. The number of rotatable bonds is 7. The predicted octanol–water partition coefficient (Wildman–Crippen LogP) is 2.30. The summed E-state index contributed by atoms with van der Waals surface area (Å²) in [7, 11) is 3.16. The Labute approximate surface area is 164 Å². The monoisotopic (exact) mass is 385 g/mol. The predicted molar refractivity (Wildman–Crippen MR) is 103 cm³/mol. The van der Waals surface area contributed by atoms with Crippen molar-refractivity contribution >= 4 is 5.91 Å². The highest BCUT2D eigenvalue weighted by atomic mass is 16.5. The third-order valence-corrected chi connectivity index (χ3v) is 6.20. The second kappa shape index (κ2) is 7.77. The SMILES string of the molecule is COc1ccc(-c2nnn(CC(=O)NC(C)C3CC4CCC3C4)n2)cc1OC. The van der Waals surface area contributed by atoms with Crippen LogP contribution in [0.15, 0.2) is 18.2 Å². The molecule has 1 aromatic heterocycles. The van der Waals surface area contributed by atoms with E-state index in [1.165, 1.54) is 30.5 Å². The van der Waals surface area contributed by atoms with Crippen LogP contribution in [0.3, 0.4) is 0 Å². The van der Waals surface area contributed by atoms with E-state index < -0.39 is 0 Å². The Morgan fingerprint density at radius 3 is 2.75 bits per heavy atom. The number of methoxy groups -OCH3 is 2. The number of fused-ring (bicyclic) bond motifs is 2. The van der Waals surface area contributed by atoms with Crippen LogP contribution in [0.1, 0.15) is 32.6 Å². The molecule has 0 aliphatic heterocycles. The molecule has 0 spiro atoms. The number of hydrogen-bond acceptors (Lipinski definition) is 6. The molecule has 2 aliphatic rings. The molecular weight excluding hydrogens is 358 g/mol. The first-order valence-corrected chi connectivity index (χ1v) is 9.87. The van der Waals surface area contributed by atoms with Gasteiger partial charge in [0.05, 0.1) is 14.2 Å². The van der Waals surface area contributed by atoms with Gasteiger partial charge in [-0.15, -0.1) is 10.2 Å². The first kappa shape index (κ1) is 18.7. The molecule has 28 heavy (non-hydrogen) atoms. The fourth-order valence-corrected chi connectivity index (χ4v) is 4.84. The van der Waals surface area contributed by atoms with E-state index >= 15 is 0 Å². The normalized spacial score (nSPS) is 24.2. The molecule has 150 valence electrons. The summed E-state index contributed by atoms with van der Waals surface area (Å²) in [6.45, 7) is 2.18. The topological polar surface area (TPSA) is 91.2 Å². The molecule has 1 aromatic carbocycles. The summed E-state index contributed by atoms with van der Waals surface area (Å²) in [5.41, 5.74) is 0.750. The lowest BCUT2D eigenvalue weighted by Crippen LogP contribution is -2.41. The Morgan fingerprint density at radius 2 is 2.07 bits per heavy atom. The largest absolute Gasteiger partial charge is 0.493 e. The van der Waals surface area contributed by atoms with Crippen LogP contribution in [0.25, 0.3) is 11.4 Å². The minimum Gasteiger partial charge on any atom is -0.493 e. The van der Waals surface area contributed by atoms with Crippen molar-refractivity contribution in [2.75, 3.05) is 14.2 Å². The Balaban J connectivity index is 1.37. The van der Waals surface area contributed by atoms with Crippen LogP contribution >= 0.6 is 0 Å². The number of carbonyl (C=O) groups is 1. The van der Waals surface area contributed by atoms with Gasteiger partial charge in [-0.05, 0) is 67.4 Å². The van der Waals surface area contributed by atoms with Crippen LogP contribution < -0.4 is 14.8 Å². The Bertz CT molecular complexity index is 852. The van der Waals surface area contributed by atoms with Crippen LogP contribution in [0.2, 0.25) is 0 Å². The average molecular weight is 385 g/mol. The molecular formula is C20H27N5O3. The maximum Gasteiger partial charge on any atom is 0.243 e. The second-order valence-electron chi connectivity index (χ2n) is 7.91. The van der Waals surface area contributed by atoms with Crippen LogP contribution in [0.5, 0.6) is 11.5 Å². The number of hydrogen-bond donors (Lipinski definition) is 1. The van der Waals surface area contributed by atoms with Crippen LogP contribution in [-0.4, -0.2) is 46.4 Å². The van der Waals surface area contributed by atoms with Gasteiger partial charge in [0.25, 0.3) is 0 Å². The second-order valence-corrected chi connectivity index (χ2v) is 7.91. The van der Waals surface area contributed by atoms with E-state index in [4.69, 9.17) is 9.47 Å². The molecule has 1 amide bonds. The standard InChI is InChI=1S/C20H27N5O3/c1-12(16-9-13-4-5-14(16)8-13)21-19(26)11-25-23-20(22-24-25)15-6-7-17(27-2)18(10-15)28-3/h6-7,10,12-14,16H,4-5,8-9,11H2,1-3H3,(H,21,26). The molecule has 8 nitrogen and oxygen atoms in total. The van der Waals surface area contributed by atoms with Crippen molar-refractivity contribution in [1.82, 2.24) is 25.5 Å². The molecule has 2 aliphatic carbocycles. The van der Waals surface area contributed by atoms with Gasteiger partial charge in [0.1, 0.15) is 6.54 Å². The van der Waals surface area contributed by atoms with E-state index in [0.717, 1.165) is 17.4 Å². The van der Waals surface area contributed by atoms with Crippen molar-refractivity contribution < 1.29 is 14.3 Å². The van der Waals surface area contributed by atoms with E-state index in [-0.39, 0.29) is 18.5 Å². The van der Waals surface area contributed by atoms with E-state index in [0.29, 0.717) is 23.2 Å². The van der Waals surface area contributed by atoms with Crippen molar-refractivity contribution in [2.24, 2.45) is 17.8 Å². The lowest BCUT2D eigenvalue weighted by molar-refractivity contribution is -0.123. The fourth-order valence-electron chi connectivity index (χ4n) is 4.84. The zero-order chi connectivity index (χ0) is 19.7. The lowest BCUT2D eigenvalue weighted by Gasteiger charge is -2.28.